The molecule has 0 radical (unpaired) electrons. The zero-order valence-corrected chi connectivity index (χ0v) is 11.6. The second kappa shape index (κ2) is 5.95. The highest BCUT2D eigenvalue weighted by molar-refractivity contribution is 5.95. The Kier molecular flexibility index (Phi) is 4.30. The number of ether oxygens (including phenoxy) is 1. The summed E-state index contributed by atoms with van der Waals surface area (Å²) in [7, 11) is 1.57. The van der Waals surface area contributed by atoms with Crippen LogP contribution < -0.4 is 15.8 Å². The maximum Gasteiger partial charge on any atom is 0.251 e. The van der Waals surface area contributed by atoms with Gasteiger partial charge in [0.1, 0.15) is 5.75 Å². The summed E-state index contributed by atoms with van der Waals surface area (Å²) in [5, 5.41) is 3.08. The topological polar surface area (TPSA) is 64.3 Å². The van der Waals surface area contributed by atoms with Crippen molar-refractivity contribution < 1.29 is 9.53 Å². The maximum absolute atomic E-state index is 12.2. The molecule has 1 aliphatic rings. The molecule has 1 aliphatic carbocycles. The molecule has 3 N–H and O–H groups in total. The summed E-state index contributed by atoms with van der Waals surface area (Å²) >= 11 is 0. The zero-order valence-electron chi connectivity index (χ0n) is 11.6. The summed E-state index contributed by atoms with van der Waals surface area (Å²) in [6.45, 7) is 2.26. The number of anilines is 1. The van der Waals surface area contributed by atoms with E-state index >= 15 is 0 Å². The van der Waals surface area contributed by atoms with Gasteiger partial charge in [0, 0.05) is 23.4 Å². The first-order chi connectivity index (χ1) is 9.08. The monoisotopic (exact) mass is 262 g/mol. The molecule has 0 spiro atoms. The Bertz CT molecular complexity index is 451. The van der Waals surface area contributed by atoms with Gasteiger partial charge in [0.2, 0.25) is 0 Å². The van der Waals surface area contributed by atoms with Crippen LogP contribution >= 0.6 is 0 Å². The number of benzene rings is 1. The predicted molar refractivity (Wildman–Crippen MR) is 76.3 cm³/mol. The van der Waals surface area contributed by atoms with Crippen LogP contribution in [0.2, 0.25) is 0 Å². The molecule has 1 aromatic carbocycles. The van der Waals surface area contributed by atoms with E-state index in [1.54, 1.807) is 25.3 Å². The van der Waals surface area contributed by atoms with Gasteiger partial charge in [-0.05, 0) is 43.7 Å². The average Bonchev–Trinajstić information content (AvgIpc) is 2.40. The van der Waals surface area contributed by atoms with E-state index in [0.29, 0.717) is 17.0 Å². The lowest BCUT2D eigenvalue weighted by Gasteiger charge is -2.27. The molecule has 0 saturated heterocycles. The van der Waals surface area contributed by atoms with Crippen molar-refractivity contribution in [3.63, 3.8) is 0 Å². The highest BCUT2D eigenvalue weighted by Crippen LogP contribution is 2.24. The number of hydrogen-bond donors (Lipinski definition) is 2. The van der Waals surface area contributed by atoms with Crippen LogP contribution in [0.3, 0.4) is 0 Å². The molecule has 104 valence electrons. The standard InChI is InChI=1S/C15H22N2O2/c1-10-3-5-13(6-4-10)17-15(18)11-7-12(16)9-14(8-11)19-2/h7-10,13H,3-6,16H2,1-2H3,(H,17,18). The van der Waals surface area contributed by atoms with Gasteiger partial charge in [-0.1, -0.05) is 6.92 Å². The van der Waals surface area contributed by atoms with Crippen molar-refractivity contribution in [2.75, 3.05) is 12.8 Å². The number of nitrogens with one attached hydrogen (secondary N) is 1. The van der Waals surface area contributed by atoms with Crippen molar-refractivity contribution in [1.29, 1.82) is 0 Å². The molecular formula is C15H22N2O2. The first-order valence-corrected chi connectivity index (χ1v) is 6.84. The molecule has 0 heterocycles. The summed E-state index contributed by atoms with van der Waals surface area (Å²) in [6, 6.07) is 5.40. The Morgan fingerprint density at radius 3 is 2.58 bits per heavy atom. The van der Waals surface area contributed by atoms with Crippen molar-refractivity contribution in [3.8, 4) is 5.75 Å². The van der Waals surface area contributed by atoms with E-state index in [0.717, 1.165) is 18.8 Å². The van der Waals surface area contributed by atoms with E-state index in [2.05, 4.69) is 12.2 Å². The van der Waals surface area contributed by atoms with Crippen LogP contribution in [0, 0.1) is 5.92 Å². The molecule has 0 unspecified atom stereocenters. The molecule has 0 bridgehead atoms. The number of nitrogen functional groups attached to an aromatic ring is 1. The minimum Gasteiger partial charge on any atom is -0.497 e. The Morgan fingerprint density at radius 1 is 1.26 bits per heavy atom. The van der Waals surface area contributed by atoms with Crippen LogP contribution in [0.25, 0.3) is 0 Å². The van der Waals surface area contributed by atoms with E-state index in [4.69, 9.17) is 10.5 Å². The summed E-state index contributed by atoms with van der Waals surface area (Å²) in [4.78, 5) is 12.2. The molecule has 19 heavy (non-hydrogen) atoms. The lowest BCUT2D eigenvalue weighted by molar-refractivity contribution is 0.0922. The van der Waals surface area contributed by atoms with E-state index in [1.807, 2.05) is 0 Å². The van der Waals surface area contributed by atoms with E-state index in [1.165, 1.54) is 12.8 Å². The van der Waals surface area contributed by atoms with Gasteiger partial charge in [0.25, 0.3) is 5.91 Å². The normalized spacial score (nSPS) is 22.8. The predicted octanol–water partition coefficient (Wildman–Crippen LogP) is 2.59. The van der Waals surface area contributed by atoms with Gasteiger partial charge >= 0.3 is 0 Å². The Morgan fingerprint density at radius 2 is 1.95 bits per heavy atom. The lowest BCUT2D eigenvalue weighted by atomic mass is 9.87. The lowest BCUT2D eigenvalue weighted by Crippen LogP contribution is -2.37. The molecule has 2 rings (SSSR count). The van der Waals surface area contributed by atoms with Crippen molar-refractivity contribution in [2.24, 2.45) is 5.92 Å². The van der Waals surface area contributed by atoms with Crippen molar-refractivity contribution in [1.82, 2.24) is 5.32 Å². The molecule has 1 saturated carbocycles. The number of hydrogen-bond acceptors (Lipinski definition) is 3. The number of carbonyl (C=O) groups is 1. The van der Waals surface area contributed by atoms with Gasteiger partial charge < -0.3 is 15.8 Å². The summed E-state index contributed by atoms with van der Waals surface area (Å²) in [5.41, 5.74) is 6.87. The number of rotatable bonds is 3. The fourth-order valence-corrected chi connectivity index (χ4v) is 2.54. The molecule has 0 atom stereocenters. The third-order valence-electron chi connectivity index (χ3n) is 3.78. The van der Waals surface area contributed by atoms with Gasteiger partial charge in [-0.15, -0.1) is 0 Å². The number of nitrogens with two attached hydrogens (primary N) is 1. The van der Waals surface area contributed by atoms with Crippen LogP contribution in [0.1, 0.15) is 43.0 Å². The fraction of sp³-hybridized carbons (Fsp3) is 0.533. The average molecular weight is 262 g/mol. The van der Waals surface area contributed by atoms with Crippen LogP contribution in [0.15, 0.2) is 18.2 Å². The minimum absolute atomic E-state index is 0.0647. The zero-order chi connectivity index (χ0) is 13.8. The first kappa shape index (κ1) is 13.7. The smallest absolute Gasteiger partial charge is 0.251 e. The summed E-state index contributed by atoms with van der Waals surface area (Å²) in [5.74, 6) is 1.33. The van der Waals surface area contributed by atoms with Crippen LogP contribution in [-0.4, -0.2) is 19.1 Å². The second-order valence-electron chi connectivity index (χ2n) is 5.43. The van der Waals surface area contributed by atoms with Gasteiger partial charge in [-0.25, -0.2) is 0 Å². The Hall–Kier alpha value is -1.71. The van der Waals surface area contributed by atoms with Crippen molar-refractivity contribution >= 4 is 11.6 Å². The second-order valence-corrected chi connectivity index (χ2v) is 5.43. The van der Waals surface area contributed by atoms with E-state index < -0.39 is 0 Å². The number of methoxy groups -OCH3 is 1. The SMILES string of the molecule is COc1cc(N)cc(C(=O)NC2CCC(C)CC2)c1. The van der Waals surface area contributed by atoms with Gasteiger partial charge in [0.15, 0.2) is 0 Å². The largest absolute Gasteiger partial charge is 0.497 e. The van der Waals surface area contributed by atoms with Crippen LogP contribution in [0.5, 0.6) is 5.75 Å². The highest BCUT2D eigenvalue weighted by atomic mass is 16.5. The quantitative estimate of drug-likeness (QED) is 0.823. The maximum atomic E-state index is 12.2. The van der Waals surface area contributed by atoms with Gasteiger partial charge in [-0.3, -0.25) is 4.79 Å². The third-order valence-corrected chi connectivity index (χ3v) is 3.78. The highest BCUT2D eigenvalue weighted by Gasteiger charge is 2.20. The van der Waals surface area contributed by atoms with Crippen molar-refractivity contribution in [3.05, 3.63) is 23.8 Å². The number of carbonyl (C=O) groups excluding carboxylic acids is 1. The molecule has 0 aliphatic heterocycles. The van der Waals surface area contributed by atoms with Crippen molar-refractivity contribution in [2.45, 2.75) is 38.6 Å². The van der Waals surface area contributed by atoms with Crippen LogP contribution in [-0.2, 0) is 0 Å². The summed E-state index contributed by atoms with van der Waals surface area (Å²) in [6.07, 6.45) is 4.50. The Labute approximate surface area is 114 Å². The molecule has 1 fully saturated rings. The third kappa shape index (κ3) is 3.63. The molecule has 1 aromatic rings. The van der Waals surface area contributed by atoms with Crippen LogP contribution in [0.4, 0.5) is 5.69 Å². The van der Waals surface area contributed by atoms with Gasteiger partial charge in [0.05, 0.1) is 7.11 Å². The Balaban J connectivity index is 2.01. The minimum atomic E-state index is -0.0647. The molecule has 4 heteroatoms. The molecule has 4 nitrogen and oxygen atoms in total. The molecular weight excluding hydrogens is 240 g/mol. The molecule has 0 aromatic heterocycles. The van der Waals surface area contributed by atoms with E-state index in [-0.39, 0.29) is 11.9 Å². The summed E-state index contributed by atoms with van der Waals surface area (Å²) < 4.78 is 5.13. The van der Waals surface area contributed by atoms with E-state index in [9.17, 15) is 4.79 Å². The van der Waals surface area contributed by atoms with Gasteiger partial charge in [-0.2, -0.15) is 0 Å². The fourth-order valence-electron chi connectivity index (χ4n) is 2.54. The first-order valence-electron chi connectivity index (χ1n) is 6.84. The molecule has 1 amide bonds. The number of amides is 1.